The standard InChI is InChI=1S/C12H15N.C5H9N.CH4O.CH4.ClH/c1-2-4-10(5-3-1)7-13-8-11-6-12(11)9-13;1-4-2-6-3-5(1)4;1-2;;/h1-5,11-12H,6-9H2;4-6H,1-3H2;2H,1H3;1H4;1H. The average molecular weight is 341 g/mol. The number of rotatable bonds is 2. The second kappa shape index (κ2) is 9.63. The summed E-state index contributed by atoms with van der Waals surface area (Å²) < 4.78 is 0. The van der Waals surface area contributed by atoms with Crippen LogP contribution in [0.3, 0.4) is 0 Å². The summed E-state index contributed by atoms with van der Waals surface area (Å²) in [7, 11) is 1.00. The molecule has 3 nitrogen and oxygen atoms in total. The van der Waals surface area contributed by atoms with Crippen LogP contribution in [0, 0.1) is 23.7 Å². The number of nitrogens with zero attached hydrogens (tertiary/aromatic N) is 1. The summed E-state index contributed by atoms with van der Waals surface area (Å²) in [5.74, 6) is 4.32. The second-order valence-corrected chi connectivity index (χ2v) is 6.85. The van der Waals surface area contributed by atoms with E-state index in [1.165, 1.54) is 44.6 Å². The van der Waals surface area contributed by atoms with Crippen LogP contribution in [0.25, 0.3) is 0 Å². The molecule has 4 heteroatoms. The Morgan fingerprint density at radius 2 is 1.48 bits per heavy atom. The molecular weight excluding hydrogens is 308 g/mol. The minimum atomic E-state index is 0. The largest absolute Gasteiger partial charge is 0.400 e. The van der Waals surface area contributed by atoms with Gasteiger partial charge in [-0.15, -0.1) is 12.4 Å². The molecule has 1 aromatic carbocycles. The van der Waals surface area contributed by atoms with Crippen molar-refractivity contribution in [3.8, 4) is 0 Å². The molecule has 4 aliphatic rings. The third-order valence-corrected chi connectivity index (χ3v) is 5.19. The van der Waals surface area contributed by atoms with Crippen molar-refractivity contribution in [2.24, 2.45) is 23.7 Å². The predicted octanol–water partition coefficient (Wildman–Crippen LogP) is 3.03. The molecule has 0 bridgehead atoms. The molecule has 23 heavy (non-hydrogen) atoms. The summed E-state index contributed by atoms with van der Waals surface area (Å²) in [4.78, 5) is 2.59. The highest BCUT2D eigenvalue weighted by Crippen LogP contribution is 2.45. The summed E-state index contributed by atoms with van der Waals surface area (Å²) in [5.41, 5.74) is 1.46. The summed E-state index contributed by atoms with van der Waals surface area (Å²) >= 11 is 0. The van der Waals surface area contributed by atoms with Gasteiger partial charge in [-0.25, -0.2) is 0 Å². The SMILES string of the molecule is C.C1NCC2CC12.CO.Cl.c1ccc(CN2CC3CC3C2)cc1. The zero-order valence-electron chi connectivity index (χ0n) is 13.4. The van der Waals surface area contributed by atoms with Crippen LogP contribution in [0.1, 0.15) is 25.8 Å². The Kier molecular flexibility index (Phi) is 8.56. The zero-order chi connectivity index (χ0) is 14.7. The fourth-order valence-electron chi connectivity index (χ4n) is 3.73. The van der Waals surface area contributed by atoms with Gasteiger partial charge in [0.2, 0.25) is 0 Å². The third-order valence-electron chi connectivity index (χ3n) is 5.19. The molecule has 132 valence electrons. The molecular formula is C19H33ClN2O. The van der Waals surface area contributed by atoms with Crippen molar-refractivity contribution in [3.63, 3.8) is 0 Å². The first kappa shape index (κ1) is 20.4. The molecule has 2 saturated carbocycles. The lowest BCUT2D eigenvalue weighted by Gasteiger charge is -2.16. The van der Waals surface area contributed by atoms with Crippen molar-refractivity contribution in [1.29, 1.82) is 0 Å². The number of benzene rings is 1. The van der Waals surface area contributed by atoms with E-state index in [1.807, 2.05) is 0 Å². The lowest BCUT2D eigenvalue weighted by molar-refractivity contribution is 0.297. The number of piperidine rings is 2. The average Bonchev–Trinajstić information content (AvgIpc) is 3.38. The van der Waals surface area contributed by atoms with Crippen LogP contribution < -0.4 is 5.32 Å². The Morgan fingerprint density at radius 1 is 0.957 bits per heavy atom. The van der Waals surface area contributed by atoms with E-state index in [-0.39, 0.29) is 19.8 Å². The number of aliphatic hydroxyl groups is 1. The summed E-state index contributed by atoms with van der Waals surface area (Å²) in [6, 6.07) is 10.8. The van der Waals surface area contributed by atoms with Crippen molar-refractivity contribution in [1.82, 2.24) is 10.2 Å². The van der Waals surface area contributed by atoms with Gasteiger partial charge in [-0.05, 0) is 55.2 Å². The Morgan fingerprint density at radius 3 is 1.91 bits per heavy atom. The molecule has 0 amide bonds. The summed E-state index contributed by atoms with van der Waals surface area (Å²) in [6.07, 6.45) is 3.03. The van der Waals surface area contributed by atoms with E-state index in [4.69, 9.17) is 5.11 Å². The highest BCUT2D eigenvalue weighted by Gasteiger charge is 2.44. The molecule has 2 heterocycles. The van der Waals surface area contributed by atoms with Crippen LogP contribution in [0.2, 0.25) is 0 Å². The normalized spacial score (nSPS) is 31.7. The van der Waals surface area contributed by atoms with Crippen molar-refractivity contribution < 1.29 is 5.11 Å². The van der Waals surface area contributed by atoms with Gasteiger partial charge >= 0.3 is 0 Å². The van der Waals surface area contributed by atoms with Gasteiger partial charge in [0.15, 0.2) is 0 Å². The van der Waals surface area contributed by atoms with E-state index in [2.05, 4.69) is 40.5 Å². The van der Waals surface area contributed by atoms with E-state index in [0.717, 1.165) is 37.3 Å². The lowest BCUT2D eigenvalue weighted by Crippen LogP contribution is -2.21. The van der Waals surface area contributed by atoms with Crippen molar-refractivity contribution in [2.75, 3.05) is 33.3 Å². The second-order valence-electron chi connectivity index (χ2n) is 6.85. The molecule has 2 N–H and O–H groups in total. The minimum absolute atomic E-state index is 0. The van der Waals surface area contributed by atoms with Crippen LogP contribution in [-0.2, 0) is 6.54 Å². The first-order chi connectivity index (χ1) is 10.4. The fraction of sp³-hybridized carbons (Fsp3) is 0.684. The first-order valence-corrected chi connectivity index (χ1v) is 8.30. The van der Waals surface area contributed by atoms with Crippen LogP contribution in [0.4, 0.5) is 0 Å². The number of aliphatic hydroxyl groups excluding tert-OH is 1. The van der Waals surface area contributed by atoms with Crippen LogP contribution in [0.15, 0.2) is 30.3 Å². The topological polar surface area (TPSA) is 35.5 Å². The molecule has 0 aromatic heterocycles. The number of halogens is 1. The Balaban J connectivity index is 0.000000225. The quantitative estimate of drug-likeness (QED) is 0.868. The number of likely N-dealkylation sites (tertiary alicyclic amines) is 1. The molecule has 2 saturated heterocycles. The maximum Gasteiger partial charge on any atom is 0.0319 e. The van der Waals surface area contributed by atoms with E-state index in [9.17, 15) is 0 Å². The first-order valence-electron chi connectivity index (χ1n) is 8.30. The van der Waals surface area contributed by atoms with Gasteiger partial charge in [-0.2, -0.15) is 0 Å². The number of hydrogen-bond acceptors (Lipinski definition) is 3. The van der Waals surface area contributed by atoms with Gasteiger partial charge in [0.25, 0.3) is 0 Å². The third kappa shape index (κ3) is 5.75. The Bertz CT molecular complexity index is 424. The van der Waals surface area contributed by atoms with E-state index < -0.39 is 0 Å². The van der Waals surface area contributed by atoms with E-state index in [0.29, 0.717) is 0 Å². The van der Waals surface area contributed by atoms with Gasteiger partial charge in [0.1, 0.15) is 0 Å². The number of nitrogens with one attached hydrogen (secondary N) is 1. The maximum atomic E-state index is 7.00. The van der Waals surface area contributed by atoms with Crippen LogP contribution >= 0.6 is 12.4 Å². The van der Waals surface area contributed by atoms with Gasteiger partial charge in [0.05, 0.1) is 0 Å². The molecule has 1 aromatic rings. The van der Waals surface area contributed by atoms with E-state index in [1.54, 1.807) is 0 Å². The molecule has 2 aliphatic carbocycles. The van der Waals surface area contributed by atoms with E-state index >= 15 is 0 Å². The molecule has 0 radical (unpaired) electrons. The lowest BCUT2D eigenvalue weighted by atomic mass is 10.2. The van der Waals surface area contributed by atoms with Crippen LogP contribution in [0.5, 0.6) is 0 Å². The Labute approximate surface area is 147 Å². The van der Waals surface area contributed by atoms with Gasteiger partial charge in [-0.1, -0.05) is 37.8 Å². The van der Waals surface area contributed by atoms with Crippen LogP contribution in [-0.4, -0.2) is 43.3 Å². The smallest absolute Gasteiger partial charge is 0.0319 e. The number of hydrogen-bond donors (Lipinski definition) is 2. The zero-order valence-corrected chi connectivity index (χ0v) is 14.3. The van der Waals surface area contributed by atoms with Gasteiger partial charge in [-0.3, -0.25) is 4.90 Å². The summed E-state index contributed by atoms with van der Waals surface area (Å²) in [6.45, 7) is 6.47. The molecule has 4 fully saturated rings. The predicted molar refractivity (Wildman–Crippen MR) is 99.9 cm³/mol. The fourth-order valence-corrected chi connectivity index (χ4v) is 3.73. The maximum absolute atomic E-state index is 7.00. The molecule has 5 rings (SSSR count). The molecule has 2 aliphatic heterocycles. The van der Waals surface area contributed by atoms with Gasteiger partial charge in [0, 0.05) is 26.7 Å². The highest BCUT2D eigenvalue weighted by atomic mass is 35.5. The van der Waals surface area contributed by atoms with Gasteiger partial charge < -0.3 is 10.4 Å². The monoisotopic (exact) mass is 340 g/mol. The number of fused-ring (bicyclic) bond motifs is 2. The van der Waals surface area contributed by atoms with Crippen molar-refractivity contribution in [3.05, 3.63) is 35.9 Å². The molecule has 4 unspecified atom stereocenters. The highest BCUT2D eigenvalue weighted by molar-refractivity contribution is 5.85. The molecule has 0 spiro atoms. The summed E-state index contributed by atoms with van der Waals surface area (Å²) in [5, 5.41) is 10.3. The Hall–Kier alpha value is -0.610. The van der Waals surface area contributed by atoms with Crippen molar-refractivity contribution >= 4 is 12.4 Å². The minimum Gasteiger partial charge on any atom is -0.400 e. The van der Waals surface area contributed by atoms with Crippen molar-refractivity contribution in [2.45, 2.75) is 26.8 Å². The molecule has 4 atom stereocenters.